The largest absolute Gasteiger partial charge is 0.394 e. The zero-order valence-electron chi connectivity index (χ0n) is 8.15. The Balaban J connectivity index is 2.83. The maximum atomic E-state index is 9.85. The molecule has 1 saturated heterocycles. The molecular formula is C8H17NO6. The smallest absolute Gasteiger partial charge is 0.187 e. The Morgan fingerprint density at radius 1 is 1.27 bits per heavy atom. The highest BCUT2D eigenvalue weighted by molar-refractivity contribution is 4.99. The molecule has 15 heavy (non-hydrogen) atoms. The summed E-state index contributed by atoms with van der Waals surface area (Å²) in [4.78, 5) is 0. The highest BCUT2D eigenvalue weighted by Gasteiger charge is 2.53. The zero-order chi connectivity index (χ0) is 11.6. The van der Waals surface area contributed by atoms with Gasteiger partial charge in [0, 0.05) is 0 Å². The van der Waals surface area contributed by atoms with Crippen molar-refractivity contribution >= 4 is 0 Å². The van der Waals surface area contributed by atoms with Crippen LogP contribution in [0, 0.1) is 0 Å². The van der Waals surface area contributed by atoms with Crippen LogP contribution in [0.25, 0.3) is 0 Å². The second kappa shape index (κ2) is 4.71. The molecule has 0 spiro atoms. The molecule has 1 heterocycles. The second-order valence-corrected chi connectivity index (χ2v) is 3.67. The first-order valence-electron chi connectivity index (χ1n) is 4.70. The molecule has 1 rings (SSSR count). The van der Waals surface area contributed by atoms with Crippen LogP contribution in [-0.2, 0) is 4.74 Å². The van der Waals surface area contributed by atoms with Gasteiger partial charge in [0.1, 0.15) is 23.9 Å². The Bertz CT molecular complexity index is 215. The molecule has 1 aliphatic heterocycles. The average molecular weight is 223 g/mol. The van der Waals surface area contributed by atoms with Gasteiger partial charge in [-0.15, -0.1) is 0 Å². The molecule has 0 aliphatic carbocycles. The van der Waals surface area contributed by atoms with Gasteiger partial charge in [-0.2, -0.15) is 0 Å². The quantitative estimate of drug-likeness (QED) is 0.292. The van der Waals surface area contributed by atoms with Gasteiger partial charge in [0.25, 0.3) is 0 Å². The van der Waals surface area contributed by atoms with E-state index in [9.17, 15) is 20.4 Å². The van der Waals surface area contributed by atoms with Gasteiger partial charge in [-0.1, -0.05) is 0 Å². The zero-order valence-corrected chi connectivity index (χ0v) is 8.15. The van der Waals surface area contributed by atoms with E-state index in [4.69, 9.17) is 15.6 Å². The van der Waals surface area contributed by atoms with Gasteiger partial charge in [-0.3, -0.25) is 0 Å². The standard InChI is InChI=1S/C8H17NO6/c9-2-1-8(14)6(12)5(11)4(3-10)15-7(8)13/h4-7,10-14H,1-3,9H2/t4-,5-,6+,7?,8-/m1/s1. The normalized spacial score (nSPS) is 46.8. The Hall–Kier alpha value is -0.280. The molecular weight excluding hydrogens is 206 g/mol. The predicted molar refractivity (Wildman–Crippen MR) is 48.6 cm³/mol. The molecule has 0 aromatic carbocycles. The van der Waals surface area contributed by atoms with Gasteiger partial charge < -0.3 is 36.0 Å². The minimum atomic E-state index is -2.00. The summed E-state index contributed by atoms with van der Waals surface area (Å²) in [5.74, 6) is 0. The number of aliphatic hydroxyl groups excluding tert-OH is 4. The minimum Gasteiger partial charge on any atom is -0.394 e. The van der Waals surface area contributed by atoms with Crippen LogP contribution in [0.3, 0.4) is 0 Å². The third-order valence-corrected chi connectivity index (χ3v) is 2.67. The summed E-state index contributed by atoms with van der Waals surface area (Å²) in [5, 5.41) is 47.1. The molecule has 0 radical (unpaired) electrons. The fourth-order valence-corrected chi connectivity index (χ4v) is 1.66. The van der Waals surface area contributed by atoms with Crippen molar-refractivity contribution in [3.8, 4) is 0 Å². The number of nitrogens with two attached hydrogens (primary N) is 1. The number of ether oxygens (including phenoxy) is 1. The van der Waals surface area contributed by atoms with Crippen LogP contribution in [0.4, 0.5) is 0 Å². The van der Waals surface area contributed by atoms with E-state index in [2.05, 4.69) is 0 Å². The van der Waals surface area contributed by atoms with E-state index < -0.39 is 36.8 Å². The maximum absolute atomic E-state index is 9.85. The van der Waals surface area contributed by atoms with Crippen molar-refractivity contribution in [1.29, 1.82) is 0 Å². The fourth-order valence-electron chi connectivity index (χ4n) is 1.66. The number of hydrogen-bond acceptors (Lipinski definition) is 7. The van der Waals surface area contributed by atoms with E-state index in [1.807, 2.05) is 0 Å². The van der Waals surface area contributed by atoms with Gasteiger partial charge in [-0.05, 0) is 13.0 Å². The van der Waals surface area contributed by atoms with E-state index in [-0.39, 0.29) is 13.0 Å². The lowest BCUT2D eigenvalue weighted by Crippen LogP contribution is -2.67. The number of aliphatic hydroxyl groups is 5. The summed E-state index contributed by atoms with van der Waals surface area (Å²) < 4.78 is 4.78. The molecule has 7 heteroatoms. The highest BCUT2D eigenvalue weighted by Crippen LogP contribution is 2.30. The monoisotopic (exact) mass is 223 g/mol. The first kappa shape index (κ1) is 12.8. The lowest BCUT2D eigenvalue weighted by Gasteiger charge is -2.45. The lowest BCUT2D eigenvalue weighted by atomic mass is 9.84. The van der Waals surface area contributed by atoms with Crippen LogP contribution < -0.4 is 5.73 Å². The molecule has 90 valence electrons. The van der Waals surface area contributed by atoms with Crippen LogP contribution in [-0.4, -0.2) is 68.9 Å². The van der Waals surface area contributed by atoms with Gasteiger partial charge >= 0.3 is 0 Å². The van der Waals surface area contributed by atoms with Crippen molar-refractivity contribution in [2.45, 2.75) is 36.6 Å². The third kappa shape index (κ3) is 2.13. The molecule has 1 fully saturated rings. The Kier molecular flexibility index (Phi) is 4.01. The average Bonchev–Trinajstić information content (AvgIpc) is 2.21. The third-order valence-electron chi connectivity index (χ3n) is 2.67. The van der Waals surface area contributed by atoms with Crippen molar-refractivity contribution in [3.63, 3.8) is 0 Å². The van der Waals surface area contributed by atoms with Gasteiger partial charge in [0.2, 0.25) is 0 Å². The molecule has 1 unspecified atom stereocenters. The van der Waals surface area contributed by atoms with E-state index in [0.29, 0.717) is 0 Å². The van der Waals surface area contributed by atoms with E-state index in [1.165, 1.54) is 0 Å². The molecule has 7 N–H and O–H groups in total. The van der Waals surface area contributed by atoms with E-state index in [0.717, 1.165) is 0 Å². The van der Waals surface area contributed by atoms with Crippen molar-refractivity contribution in [1.82, 2.24) is 0 Å². The molecule has 0 saturated carbocycles. The van der Waals surface area contributed by atoms with Crippen LogP contribution >= 0.6 is 0 Å². The van der Waals surface area contributed by atoms with E-state index >= 15 is 0 Å². The molecule has 5 atom stereocenters. The van der Waals surface area contributed by atoms with Crippen LogP contribution in [0.2, 0.25) is 0 Å². The molecule has 1 aliphatic rings. The number of hydrogen-bond donors (Lipinski definition) is 6. The summed E-state index contributed by atoms with van der Waals surface area (Å²) in [7, 11) is 0. The fraction of sp³-hybridized carbons (Fsp3) is 1.00. The Morgan fingerprint density at radius 3 is 2.33 bits per heavy atom. The first-order valence-corrected chi connectivity index (χ1v) is 4.70. The van der Waals surface area contributed by atoms with E-state index in [1.54, 1.807) is 0 Å². The Morgan fingerprint density at radius 2 is 1.87 bits per heavy atom. The van der Waals surface area contributed by atoms with Crippen LogP contribution in [0.15, 0.2) is 0 Å². The Labute approximate surface area is 86.7 Å². The lowest BCUT2D eigenvalue weighted by molar-refractivity contribution is -0.330. The highest BCUT2D eigenvalue weighted by atomic mass is 16.6. The molecule has 0 amide bonds. The minimum absolute atomic E-state index is 0.0183. The second-order valence-electron chi connectivity index (χ2n) is 3.67. The van der Waals surface area contributed by atoms with Gasteiger partial charge in [0.05, 0.1) is 6.61 Å². The van der Waals surface area contributed by atoms with Crippen molar-refractivity contribution < 1.29 is 30.3 Å². The summed E-state index contributed by atoms with van der Waals surface area (Å²) >= 11 is 0. The van der Waals surface area contributed by atoms with Crippen LogP contribution in [0.1, 0.15) is 6.42 Å². The van der Waals surface area contributed by atoms with Crippen molar-refractivity contribution in [2.75, 3.05) is 13.2 Å². The van der Waals surface area contributed by atoms with Crippen molar-refractivity contribution in [2.24, 2.45) is 5.73 Å². The molecule has 0 bridgehead atoms. The van der Waals surface area contributed by atoms with Crippen molar-refractivity contribution in [3.05, 3.63) is 0 Å². The SMILES string of the molecule is NCC[C@]1(O)C(O)O[C@H](CO)[C@@H](O)[C@@H]1O. The number of rotatable bonds is 3. The molecule has 7 nitrogen and oxygen atoms in total. The topological polar surface area (TPSA) is 136 Å². The summed E-state index contributed by atoms with van der Waals surface area (Å²) in [6, 6.07) is 0. The van der Waals surface area contributed by atoms with Gasteiger partial charge in [0.15, 0.2) is 6.29 Å². The molecule has 0 aromatic rings. The summed E-state index contributed by atoms with van der Waals surface area (Å²) in [6.07, 6.45) is -5.99. The van der Waals surface area contributed by atoms with Crippen LogP contribution in [0.5, 0.6) is 0 Å². The van der Waals surface area contributed by atoms with Gasteiger partial charge in [-0.25, -0.2) is 0 Å². The first-order chi connectivity index (χ1) is 6.97. The molecule has 0 aromatic heterocycles. The maximum Gasteiger partial charge on any atom is 0.187 e. The summed E-state index contributed by atoms with van der Waals surface area (Å²) in [5.41, 5.74) is 3.21. The predicted octanol–water partition coefficient (Wildman–Crippen LogP) is -3.50. The summed E-state index contributed by atoms with van der Waals surface area (Å²) in [6.45, 7) is -0.543.